The number of hydrogen-bond donors (Lipinski definition) is 1. The minimum atomic E-state index is -0.173. The van der Waals surface area contributed by atoms with Crippen LogP contribution < -0.4 is 5.32 Å². The lowest BCUT2D eigenvalue weighted by atomic mass is 10.1. The van der Waals surface area contributed by atoms with Crippen molar-refractivity contribution in [2.45, 2.75) is 33.1 Å². The lowest BCUT2D eigenvalue weighted by Crippen LogP contribution is -2.19. The van der Waals surface area contributed by atoms with Crippen molar-refractivity contribution < 1.29 is 9.59 Å². The summed E-state index contributed by atoms with van der Waals surface area (Å²) < 4.78 is 0. The third-order valence-electron chi connectivity index (χ3n) is 2.48. The molecule has 0 aliphatic rings. The van der Waals surface area contributed by atoms with Gasteiger partial charge in [-0.15, -0.1) is 0 Å². The third-order valence-corrected chi connectivity index (χ3v) is 2.48. The van der Waals surface area contributed by atoms with Crippen molar-refractivity contribution in [2.24, 2.45) is 0 Å². The van der Waals surface area contributed by atoms with Gasteiger partial charge in [-0.3, -0.25) is 9.59 Å². The standard InChI is InChI=1S/C15H19NO2/c1-3-4-10-14(18)11-15(16-12(2)17)13-8-6-5-7-9-13/h5-9,11H,3-4,10H2,1-2H3,(H,16,17)/b15-11-. The second kappa shape index (κ2) is 7.43. The fourth-order valence-corrected chi connectivity index (χ4v) is 1.58. The Hall–Kier alpha value is -1.90. The molecule has 96 valence electrons. The number of carbonyl (C=O) groups is 2. The summed E-state index contributed by atoms with van der Waals surface area (Å²) in [6.07, 6.45) is 3.90. The lowest BCUT2D eigenvalue weighted by Gasteiger charge is -2.08. The van der Waals surface area contributed by atoms with Crippen LogP contribution in [0.15, 0.2) is 36.4 Å². The predicted molar refractivity (Wildman–Crippen MR) is 72.8 cm³/mol. The molecule has 0 aliphatic carbocycles. The van der Waals surface area contributed by atoms with Crippen molar-refractivity contribution in [3.8, 4) is 0 Å². The molecular formula is C15H19NO2. The van der Waals surface area contributed by atoms with Gasteiger partial charge in [0.05, 0.1) is 5.70 Å². The van der Waals surface area contributed by atoms with Crippen LogP contribution in [-0.4, -0.2) is 11.7 Å². The van der Waals surface area contributed by atoms with Gasteiger partial charge in [0.2, 0.25) is 5.91 Å². The number of rotatable bonds is 6. The van der Waals surface area contributed by atoms with Crippen molar-refractivity contribution >= 4 is 17.4 Å². The second-order valence-electron chi connectivity index (χ2n) is 4.18. The molecule has 0 unspecified atom stereocenters. The molecule has 0 aliphatic heterocycles. The number of nitrogens with one attached hydrogen (secondary N) is 1. The van der Waals surface area contributed by atoms with Crippen molar-refractivity contribution in [1.29, 1.82) is 0 Å². The third kappa shape index (κ3) is 4.95. The summed E-state index contributed by atoms with van der Waals surface area (Å²) in [6, 6.07) is 9.39. The van der Waals surface area contributed by atoms with E-state index in [0.29, 0.717) is 12.1 Å². The Morgan fingerprint density at radius 2 is 1.89 bits per heavy atom. The highest BCUT2D eigenvalue weighted by atomic mass is 16.1. The van der Waals surface area contributed by atoms with E-state index in [1.165, 1.54) is 13.0 Å². The van der Waals surface area contributed by atoms with Crippen LogP contribution in [0.5, 0.6) is 0 Å². The molecule has 0 fully saturated rings. The summed E-state index contributed by atoms with van der Waals surface area (Å²) in [5.74, 6) is -0.127. The van der Waals surface area contributed by atoms with E-state index in [9.17, 15) is 9.59 Å². The van der Waals surface area contributed by atoms with E-state index in [1.54, 1.807) is 0 Å². The number of allylic oxidation sites excluding steroid dienone is 1. The number of amides is 1. The molecular weight excluding hydrogens is 226 g/mol. The Labute approximate surface area is 108 Å². The summed E-state index contributed by atoms with van der Waals surface area (Å²) >= 11 is 0. The van der Waals surface area contributed by atoms with E-state index in [1.807, 2.05) is 37.3 Å². The Kier molecular flexibility index (Phi) is 5.85. The largest absolute Gasteiger partial charge is 0.326 e. The van der Waals surface area contributed by atoms with Crippen LogP contribution in [0.2, 0.25) is 0 Å². The van der Waals surface area contributed by atoms with Gasteiger partial charge in [-0.25, -0.2) is 0 Å². The first-order chi connectivity index (χ1) is 8.63. The Balaban J connectivity index is 2.88. The highest BCUT2D eigenvalue weighted by Crippen LogP contribution is 2.12. The van der Waals surface area contributed by atoms with Crippen LogP contribution in [0.4, 0.5) is 0 Å². The highest BCUT2D eigenvalue weighted by molar-refractivity contribution is 5.99. The molecule has 1 amide bonds. The van der Waals surface area contributed by atoms with Gasteiger partial charge in [-0.05, 0) is 12.0 Å². The molecule has 0 heterocycles. The molecule has 18 heavy (non-hydrogen) atoms. The molecule has 3 heteroatoms. The van der Waals surface area contributed by atoms with Crippen LogP contribution in [0.1, 0.15) is 38.7 Å². The average Bonchev–Trinajstić information content (AvgIpc) is 2.36. The SMILES string of the molecule is CCCCC(=O)/C=C(\NC(C)=O)c1ccccc1. The van der Waals surface area contributed by atoms with Gasteiger partial charge < -0.3 is 5.32 Å². The first-order valence-electron chi connectivity index (χ1n) is 6.21. The van der Waals surface area contributed by atoms with Gasteiger partial charge in [0.25, 0.3) is 0 Å². The molecule has 1 rings (SSSR count). The Bertz CT molecular complexity index is 435. The summed E-state index contributed by atoms with van der Waals surface area (Å²) in [5.41, 5.74) is 1.42. The topological polar surface area (TPSA) is 46.2 Å². The zero-order valence-corrected chi connectivity index (χ0v) is 10.9. The minimum absolute atomic E-state index is 0.0458. The maximum absolute atomic E-state index is 11.7. The fourth-order valence-electron chi connectivity index (χ4n) is 1.58. The van der Waals surface area contributed by atoms with Crippen LogP contribution in [0.3, 0.4) is 0 Å². The number of carbonyl (C=O) groups excluding carboxylic acids is 2. The molecule has 0 atom stereocenters. The van der Waals surface area contributed by atoms with Crippen molar-refractivity contribution in [3.63, 3.8) is 0 Å². The maximum atomic E-state index is 11.7. The Morgan fingerprint density at radius 3 is 2.44 bits per heavy atom. The number of benzene rings is 1. The average molecular weight is 245 g/mol. The minimum Gasteiger partial charge on any atom is -0.326 e. The highest BCUT2D eigenvalue weighted by Gasteiger charge is 2.06. The molecule has 0 aromatic heterocycles. The van der Waals surface area contributed by atoms with Gasteiger partial charge in [0.1, 0.15) is 0 Å². The van der Waals surface area contributed by atoms with Crippen molar-refractivity contribution in [2.75, 3.05) is 0 Å². The molecule has 1 N–H and O–H groups in total. The molecule has 0 saturated carbocycles. The zero-order chi connectivity index (χ0) is 13.4. The number of unbranched alkanes of at least 4 members (excludes halogenated alkanes) is 1. The first kappa shape index (κ1) is 14.2. The van der Waals surface area contributed by atoms with Crippen LogP contribution >= 0.6 is 0 Å². The van der Waals surface area contributed by atoms with Crippen LogP contribution in [0, 0.1) is 0 Å². The maximum Gasteiger partial charge on any atom is 0.221 e. The molecule has 1 aromatic carbocycles. The van der Waals surface area contributed by atoms with E-state index in [0.717, 1.165) is 18.4 Å². The quantitative estimate of drug-likeness (QED) is 0.783. The molecule has 0 spiro atoms. The summed E-state index contributed by atoms with van der Waals surface area (Å²) in [7, 11) is 0. The van der Waals surface area contributed by atoms with Gasteiger partial charge in [0, 0.05) is 19.4 Å². The lowest BCUT2D eigenvalue weighted by molar-refractivity contribution is -0.117. The molecule has 0 radical (unpaired) electrons. The van der Waals surface area contributed by atoms with E-state index in [2.05, 4.69) is 5.32 Å². The molecule has 0 saturated heterocycles. The first-order valence-corrected chi connectivity index (χ1v) is 6.21. The number of hydrogen-bond acceptors (Lipinski definition) is 2. The van der Waals surface area contributed by atoms with E-state index >= 15 is 0 Å². The van der Waals surface area contributed by atoms with Gasteiger partial charge in [0.15, 0.2) is 5.78 Å². The molecule has 3 nitrogen and oxygen atoms in total. The number of ketones is 1. The van der Waals surface area contributed by atoms with Crippen molar-refractivity contribution in [1.82, 2.24) is 5.32 Å². The predicted octanol–water partition coefficient (Wildman–Crippen LogP) is 2.92. The zero-order valence-electron chi connectivity index (χ0n) is 10.9. The fraction of sp³-hybridized carbons (Fsp3) is 0.333. The van der Waals surface area contributed by atoms with Gasteiger partial charge in [-0.2, -0.15) is 0 Å². The van der Waals surface area contributed by atoms with E-state index < -0.39 is 0 Å². The summed E-state index contributed by atoms with van der Waals surface area (Å²) in [4.78, 5) is 22.9. The second-order valence-corrected chi connectivity index (χ2v) is 4.18. The van der Waals surface area contributed by atoms with E-state index in [-0.39, 0.29) is 11.7 Å². The van der Waals surface area contributed by atoms with Crippen LogP contribution in [0.25, 0.3) is 5.70 Å². The normalized spacial score (nSPS) is 11.1. The van der Waals surface area contributed by atoms with Gasteiger partial charge in [-0.1, -0.05) is 43.7 Å². The molecule has 1 aromatic rings. The smallest absolute Gasteiger partial charge is 0.221 e. The molecule has 0 bridgehead atoms. The van der Waals surface area contributed by atoms with Crippen molar-refractivity contribution in [3.05, 3.63) is 42.0 Å². The monoisotopic (exact) mass is 245 g/mol. The van der Waals surface area contributed by atoms with Gasteiger partial charge >= 0.3 is 0 Å². The Morgan fingerprint density at radius 1 is 1.22 bits per heavy atom. The van der Waals surface area contributed by atoms with E-state index in [4.69, 9.17) is 0 Å². The van der Waals surface area contributed by atoms with Crippen LogP contribution in [-0.2, 0) is 9.59 Å². The summed E-state index contributed by atoms with van der Waals surface area (Å²) in [6.45, 7) is 3.48. The summed E-state index contributed by atoms with van der Waals surface area (Å²) in [5, 5.41) is 2.70.